The van der Waals surface area contributed by atoms with Gasteiger partial charge in [-0.25, -0.2) is 4.79 Å². The molecule has 1 aromatic rings. The summed E-state index contributed by atoms with van der Waals surface area (Å²) in [6.45, 7) is 4.35. The van der Waals surface area contributed by atoms with Crippen LogP contribution in [-0.4, -0.2) is 96.8 Å². The Morgan fingerprint density at radius 3 is 2.29 bits per heavy atom. The van der Waals surface area contributed by atoms with E-state index in [4.69, 9.17) is 4.42 Å². The van der Waals surface area contributed by atoms with Crippen molar-refractivity contribution in [2.24, 2.45) is 0 Å². The van der Waals surface area contributed by atoms with E-state index in [1.54, 1.807) is 0 Å². The second-order valence-electron chi connectivity index (χ2n) is 7.23. The predicted octanol–water partition coefficient (Wildman–Crippen LogP) is -0.182. The van der Waals surface area contributed by atoms with E-state index in [1.165, 1.54) is 29.0 Å². The van der Waals surface area contributed by atoms with Crippen LogP contribution in [0.1, 0.15) is 11.1 Å². The number of hydrogen-bond acceptors (Lipinski definition) is 8. The summed E-state index contributed by atoms with van der Waals surface area (Å²) in [5.41, 5.74) is 0.321. The lowest BCUT2D eigenvalue weighted by Gasteiger charge is -2.35. The van der Waals surface area contributed by atoms with Crippen LogP contribution in [0, 0.1) is 0 Å². The van der Waals surface area contributed by atoms with E-state index in [0.717, 1.165) is 24.6 Å². The Labute approximate surface area is 170 Å². The molecule has 11 heteroatoms. The van der Waals surface area contributed by atoms with Crippen LogP contribution < -0.4 is 5.63 Å². The molecule has 0 spiro atoms. The first kappa shape index (κ1) is 21.6. The lowest BCUT2D eigenvalue weighted by molar-refractivity contribution is 0.173. The van der Waals surface area contributed by atoms with Crippen LogP contribution in [0.5, 0.6) is 5.75 Å². The molecule has 2 fully saturated rings. The molecule has 1 N–H and O–H groups in total. The van der Waals surface area contributed by atoms with Gasteiger partial charge in [-0.1, -0.05) is 0 Å². The minimum atomic E-state index is -3.43. The lowest BCUT2D eigenvalue weighted by Crippen LogP contribution is -2.51. The Morgan fingerprint density at radius 2 is 1.68 bits per heavy atom. The van der Waals surface area contributed by atoms with Gasteiger partial charge in [-0.3, -0.25) is 9.80 Å². The molecule has 9 nitrogen and oxygen atoms in total. The maximum atomic E-state index is 12.2. The Balaban J connectivity index is 1.66. The Bertz CT molecular complexity index is 828. The number of hydrogen-bond donors (Lipinski definition) is 1. The zero-order valence-corrected chi connectivity index (χ0v) is 18.0. The first-order chi connectivity index (χ1) is 13.3. The standard InChI is InChI=1S/C17H28N4O5S2/c1-18(2)28(24,25)21-5-3-19(4-6-21)12-15-16(22)14(13-26-17(15)23)11-20-7-9-27-10-8-20/h13,22H,3-12H2,1-2H3. The van der Waals surface area contributed by atoms with Gasteiger partial charge in [0.2, 0.25) is 0 Å². The highest BCUT2D eigenvalue weighted by Crippen LogP contribution is 2.24. The van der Waals surface area contributed by atoms with Gasteiger partial charge >= 0.3 is 5.63 Å². The summed E-state index contributed by atoms with van der Waals surface area (Å²) >= 11 is 1.91. The molecule has 2 aliphatic heterocycles. The minimum absolute atomic E-state index is 0.00202. The summed E-state index contributed by atoms with van der Waals surface area (Å²) in [5.74, 6) is 2.12. The molecular weight excluding hydrogens is 404 g/mol. The fourth-order valence-electron chi connectivity index (χ4n) is 3.37. The number of thioether (sulfide) groups is 1. The molecule has 0 bridgehead atoms. The molecule has 1 aromatic heterocycles. The van der Waals surface area contributed by atoms with Crippen molar-refractivity contribution >= 4 is 22.0 Å². The lowest BCUT2D eigenvalue weighted by atomic mass is 10.1. The normalized spacial score (nSPS) is 20.7. The summed E-state index contributed by atoms with van der Waals surface area (Å²) in [5, 5.41) is 10.7. The molecule has 3 heterocycles. The van der Waals surface area contributed by atoms with E-state index >= 15 is 0 Å². The van der Waals surface area contributed by atoms with Crippen LogP contribution in [0.25, 0.3) is 0 Å². The Hall–Kier alpha value is -1.11. The monoisotopic (exact) mass is 432 g/mol. The van der Waals surface area contributed by atoms with Gasteiger partial charge in [0, 0.05) is 83.5 Å². The molecule has 2 saturated heterocycles. The summed E-state index contributed by atoms with van der Waals surface area (Å²) in [7, 11) is -0.410. The molecule has 0 radical (unpaired) electrons. The maximum absolute atomic E-state index is 12.2. The van der Waals surface area contributed by atoms with E-state index in [2.05, 4.69) is 4.90 Å². The molecule has 158 valence electrons. The zero-order chi connectivity index (χ0) is 20.3. The van der Waals surface area contributed by atoms with E-state index in [9.17, 15) is 18.3 Å². The smallest absolute Gasteiger partial charge is 0.343 e. The van der Waals surface area contributed by atoms with Gasteiger partial charge in [-0.15, -0.1) is 0 Å². The molecule has 0 saturated carbocycles. The fourth-order valence-corrected chi connectivity index (χ4v) is 5.43. The van der Waals surface area contributed by atoms with Crippen molar-refractivity contribution in [1.82, 2.24) is 18.4 Å². The van der Waals surface area contributed by atoms with E-state index in [1.807, 2.05) is 16.7 Å². The van der Waals surface area contributed by atoms with Gasteiger partial charge in [0.1, 0.15) is 12.0 Å². The van der Waals surface area contributed by atoms with Gasteiger partial charge in [0.25, 0.3) is 10.2 Å². The highest BCUT2D eigenvalue weighted by atomic mass is 32.2. The maximum Gasteiger partial charge on any atom is 0.343 e. The molecule has 28 heavy (non-hydrogen) atoms. The van der Waals surface area contributed by atoms with Crippen molar-refractivity contribution < 1.29 is 17.9 Å². The first-order valence-corrected chi connectivity index (χ1v) is 11.9. The van der Waals surface area contributed by atoms with Crippen LogP contribution in [0.15, 0.2) is 15.5 Å². The largest absolute Gasteiger partial charge is 0.507 e. The summed E-state index contributed by atoms with van der Waals surface area (Å²) in [6, 6.07) is 0. The average molecular weight is 433 g/mol. The molecular formula is C17H28N4O5S2. The molecule has 3 rings (SSSR count). The second-order valence-corrected chi connectivity index (χ2v) is 10.6. The fraction of sp³-hybridized carbons (Fsp3) is 0.706. The van der Waals surface area contributed by atoms with Gasteiger partial charge in [0.05, 0.1) is 5.56 Å². The van der Waals surface area contributed by atoms with Crippen molar-refractivity contribution in [3.8, 4) is 5.75 Å². The van der Waals surface area contributed by atoms with Crippen LogP contribution in [0.3, 0.4) is 0 Å². The third-order valence-corrected chi connectivity index (χ3v) is 8.03. The summed E-state index contributed by atoms with van der Waals surface area (Å²) in [6.07, 6.45) is 1.35. The molecule has 0 aromatic carbocycles. The predicted molar refractivity (Wildman–Crippen MR) is 109 cm³/mol. The van der Waals surface area contributed by atoms with Gasteiger partial charge in [-0.2, -0.15) is 28.8 Å². The number of rotatable bonds is 6. The third-order valence-electron chi connectivity index (χ3n) is 5.14. The van der Waals surface area contributed by atoms with Crippen molar-refractivity contribution in [3.05, 3.63) is 27.8 Å². The zero-order valence-electron chi connectivity index (χ0n) is 16.3. The SMILES string of the molecule is CN(C)S(=O)(=O)N1CCN(Cc2c(O)c(CN3CCSCC3)coc2=O)CC1. The molecule has 0 unspecified atom stereocenters. The second kappa shape index (κ2) is 9.14. The van der Waals surface area contributed by atoms with E-state index in [-0.39, 0.29) is 17.9 Å². The molecule has 2 aliphatic rings. The van der Waals surface area contributed by atoms with E-state index < -0.39 is 15.8 Å². The van der Waals surface area contributed by atoms with Crippen LogP contribution in [-0.2, 0) is 23.3 Å². The van der Waals surface area contributed by atoms with Gasteiger partial charge < -0.3 is 9.52 Å². The van der Waals surface area contributed by atoms with Crippen molar-refractivity contribution in [2.45, 2.75) is 13.1 Å². The van der Waals surface area contributed by atoms with Crippen LogP contribution >= 0.6 is 11.8 Å². The Morgan fingerprint density at radius 1 is 1.07 bits per heavy atom. The third kappa shape index (κ3) is 4.89. The van der Waals surface area contributed by atoms with Crippen LogP contribution in [0.2, 0.25) is 0 Å². The van der Waals surface area contributed by atoms with Crippen molar-refractivity contribution in [2.75, 3.05) is 64.9 Å². The number of nitrogens with zero attached hydrogens (tertiary/aromatic N) is 4. The molecule has 0 aliphatic carbocycles. The van der Waals surface area contributed by atoms with Crippen LogP contribution in [0.4, 0.5) is 0 Å². The van der Waals surface area contributed by atoms with Gasteiger partial charge in [-0.05, 0) is 0 Å². The quantitative estimate of drug-likeness (QED) is 0.661. The van der Waals surface area contributed by atoms with Crippen molar-refractivity contribution in [3.63, 3.8) is 0 Å². The highest BCUT2D eigenvalue weighted by molar-refractivity contribution is 7.99. The van der Waals surface area contributed by atoms with E-state index in [0.29, 0.717) is 38.3 Å². The highest BCUT2D eigenvalue weighted by Gasteiger charge is 2.29. The molecule has 0 atom stereocenters. The number of piperazine rings is 1. The summed E-state index contributed by atoms with van der Waals surface area (Å²) in [4.78, 5) is 16.4. The first-order valence-electron chi connectivity index (χ1n) is 9.31. The van der Waals surface area contributed by atoms with Gasteiger partial charge in [0.15, 0.2) is 0 Å². The van der Waals surface area contributed by atoms with Crippen molar-refractivity contribution in [1.29, 1.82) is 0 Å². The number of aromatic hydroxyl groups is 1. The topological polar surface area (TPSA) is 97.5 Å². The molecule has 0 amide bonds. The summed E-state index contributed by atoms with van der Waals surface area (Å²) < 4.78 is 32.2. The Kier molecular flexibility index (Phi) is 7.05. The minimum Gasteiger partial charge on any atom is -0.507 e. The average Bonchev–Trinajstić information content (AvgIpc) is 2.68.